The molecule has 0 amide bonds. The molecule has 0 bridgehead atoms. The first-order valence-electron chi connectivity index (χ1n) is 5.70. The third-order valence-electron chi connectivity index (χ3n) is 2.88. The van der Waals surface area contributed by atoms with E-state index in [0.717, 1.165) is 36.9 Å². The summed E-state index contributed by atoms with van der Waals surface area (Å²) in [5, 5.41) is 3.43. The maximum absolute atomic E-state index is 5.34. The second-order valence-corrected chi connectivity index (χ2v) is 4.28. The number of methoxy groups -OCH3 is 1. The Morgan fingerprint density at radius 1 is 1.50 bits per heavy atom. The third kappa shape index (κ3) is 2.27. The van der Waals surface area contributed by atoms with Gasteiger partial charge in [-0.25, -0.2) is 4.98 Å². The summed E-state index contributed by atoms with van der Waals surface area (Å²) in [5.74, 6) is 0.731. The van der Waals surface area contributed by atoms with E-state index in [-0.39, 0.29) is 0 Å². The summed E-state index contributed by atoms with van der Waals surface area (Å²) in [4.78, 5) is 6.73. The molecule has 1 fully saturated rings. The van der Waals surface area contributed by atoms with Gasteiger partial charge in [0.05, 0.1) is 12.8 Å². The second kappa shape index (κ2) is 4.70. The van der Waals surface area contributed by atoms with Crippen molar-refractivity contribution in [2.24, 2.45) is 0 Å². The highest BCUT2D eigenvalue weighted by Gasteiger charge is 2.19. The smallest absolute Gasteiger partial charge is 0.237 e. The van der Waals surface area contributed by atoms with Gasteiger partial charge in [0, 0.05) is 31.4 Å². The minimum absolute atomic E-state index is 0.514. The highest BCUT2D eigenvalue weighted by Crippen LogP contribution is 2.26. The minimum atomic E-state index is 0.514. The van der Waals surface area contributed by atoms with E-state index >= 15 is 0 Å². The van der Waals surface area contributed by atoms with Gasteiger partial charge in [0.25, 0.3) is 0 Å². The van der Waals surface area contributed by atoms with Gasteiger partial charge in [0.2, 0.25) is 5.88 Å². The Morgan fingerprint density at radius 3 is 3.00 bits per heavy atom. The molecular formula is C12H19N3O. The van der Waals surface area contributed by atoms with Crippen molar-refractivity contribution in [3.05, 3.63) is 17.8 Å². The zero-order chi connectivity index (χ0) is 11.5. The maximum atomic E-state index is 5.34. The topological polar surface area (TPSA) is 37.4 Å². The summed E-state index contributed by atoms with van der Waals surface area (Å²) < 4.78 is 5.34. The first kappa shape index (κ1) is 11.2. The number of piperazine rings is 1. The van der Waals surface area contributed by atoms with E-state index in [0.29, 0.717) is 6.04 Å². The van der Waals surface area contributed by atoms with Gasteiger partial charge in [-0.15, -0.1) is 0 Å². The summed E-state index contributed by atoms with van der Waals surface area (Å²) in [6, 6.07) is 4.64. The zero-order valence-electron chi connectivity index (χ0n) is 10.2. The van der Waals surface area contributed by atoms with E-state index in [1.807, 2.05) is 13.0 Å². The molecule has 1 atom stereocenters. The number of anilines is 1. The van der Waals surface area contributed by atoms with Crippen LogP contribution in [0, 0.1) is 6.92 Å². The zero-order valence-corrected chi connectivity index (χ0v) is 10.2. The van der Waals surface area contributed by atoms with E-state index in [2.05, 4.69) is 28.2 Å². The molecule has 16 heavy (non-hydrogen) atoms. The molecule has 4 nitrogen and oxygen atoms in total. The Kier molecular flexibility index (Phi) is 3.29. The molecule has 0 aliphatic carbocycles. The summed E-state index contributed by atoms with van der Waals surface area (Å²) in [7, 11) is 1.68. The molecule has 0 aromatic carbocycles. The van der Waals surface area contributed by atoms with Crippen molar-refractivity contribution in [1.29, 1.82) is 0 Å². The number of pyridine rings is 1. The lowest BCUT2D eigenvalue weighted by atomic mass is 10.2. The molecule has 2 rings (SSSR count). The molecule has 1 aromatic heterocycles. The number of hydrogen-bond acceptors (Lipinski definition) is 4. The van der Waals surface area contributed by atoms with Crippen molar-refractivity contribution in [3.8, 4) is 5.88 Å². The Bertz CT molecular complexity index is 367. The van der Waals surface area contributed by atoms with Crippen LogP contribution in [0.4, 0.5) is 5.69 Å². The van der Waals surface area contributed by atoms with Crippen LogP contribution in [0.5, 0.6) is 5.88 Å². The van der Waals surface area contributed by atoms with Gasteiger partial charge >= 0.3 is 0 Å². The van der Waals surface area contributed by atoms with Gasteiger partial charge in [0.15, 0.2) is 0 Å². The monoisotopic (exact) mass is 221 g/mol. The average Bonchev–Trinajstić information content (AvgIpc) is 2.28. The van der Waals surface area contributed by atoms with Crippen molar-refractivity contribution in [3.63, 3.8) is 0 Å². The number of aryl methyl sites for hydroxylation is 1. The minimum Gasteiger partial charge on any atom is -0.480 e. The van der Waals surface area contributed by atoms with Gasteiger partial charge in [-0.1, -0.05) is 0 Å². The quantitative estimate of drug-likeness (QED) is 0.814. The average molecular weight is 221 g/mol. The van der Waals surface area contributed by atoms with Gasteiger partial charge in [-0.05, 0) is 26.0 Å². The Labute approximate surface area is 96.6 Å². The lowest BCUT2D eigenvalue weighted by molar-refractivity contribution is 0.393. The fraction of sp³-hybridized carbons (Fsp3) is 0.583. The number of rotatable bonds is 2. The number of nitrogens with one attached hydrogen (secondary N) is 1. The van der Waals surface area contributed by atoms with Crippen LogP contribution < -0.4 is 15.0 Å². The largest absolute Gasteiger partial charge is 0.480 e. The first-order valence-corrected chi connectivity index (χ1v) is 5.70. The molecule has 1 aliphatic heterocycles. The predicted molar refractivity (Wildman–Crippen MR) is 65.2 cm³/mol. The molecule has 4 heteroatoms. The van der Waals surface area contributed by atoms with Crippen LogP contribution >= 0.6 is 0 Å². The van der Waals surface area contributed by atoms with Crippen LogP contribution in [0.3, 0.4) is 0 Å². The van der Waals surface area contributed by atoms with Crippen LogP contribution in [-0.2, 0) is 0 Å². The van der Waals surface area contributed by atoms with Gasteiger partial charge in [0.1, 0.15) is 0 Å². The summed E-state index contributed by atoms with van der Waals surface area (Å²) >= 11 is 0. The highest BCUT2D eigenvalue weighted by molar-refractivity contribution is 5.56. The Morgan fingerprint density at radius 2 is 2.31 bits per heavy atom. The number of aromatic nitrogens is 1. The second-order valence-electron chi connectivity index (χ2n) is 4.28. The summed E-state index contributed by atoms with van der Waals surface area (Å²) in [5.41, 5.74) is 2.09. The first-order chi connectivity index (χ1) is 7.70. The molecule has 1 saturated heterocycles. The number of hydrogen-bond donors (Lipinski definition) is 1. The predicted octanol–water partition coefficient (Wildman–Crippen LogP) is 1.20. The van der Waals surface area contributed by atoms with Crippen molar-refractivity contribution >= 4 is 5.69 Å². The Hall–Kier alpha value is -1.29. The van der Waals surface area contributed by atoms with E-state index in [1.165, 1.54) is 0 Å². The SMILES string of the molecule is COc1nc(C)ccc1N1CCNC(C)C1. The number of nitrogens with zero attached hydrogens (tertiary/aromatic N) is 2. The van der Waals surface area contributed by atoms with Gasteiger partial charge < -0.3 is 15.0 Å². The molecular weight excluding hydrogens is 202 g/mol. The molecule has 0 radical (unpaired) electrons. The van der Waals surface area contributed by atoms with Crippen LogP contribution in [0.2, 0.25) is 0 Å². The highest BCUT2D eigenvalue weighted by atomic mass is 16.5. The molecule has 0 spiro atoms. The normalized spacial score (nSPS) is 20.9. The Balaban J connectivity index is 2.24. The third-order valence-corrected chi connectivity index (χ3v) is 2.88. The van der Waals surface area contributed by atoms with E-state index < -0.39 is 0 Å². The molecule has 1 aromatic rings. The van der Waals surface area contributed by atoms with E-state index in [1.54, 1.807) is 7.11 Å². The van der Waals surface area contributed by atoms with Crippen LogP contribution in [-0.4, -0.2) is 37.8 Å². The summed E-state index contributed by atoms with van der Waals surface area (Å²) in [6.07, 6.45) is 0. The lowest BCUT2D eigenvalue weighted by Gasteiger charge is -2.34. The van der Waals surface area contributed by atoms with E-state index in [4.69, 9.17) is 4.74 Å². The fourth-order valence-electron chi connectivity index (χ4n) is 2.07. The molecule has 1 unspecified atom stereocenters. The van der Waals surface area contributed by atoms with Crippen molar-refractivity contribution in [1.82, 2.24) is 10.3 Å². The van der Waals surface area contributed by atoms with Crippen molar-refractivity contribution < 1.29 is 4.74 Å². The summed E-state index contributed by atoms with van der Waals surface area (Å²) in [6.45, 7) is 7.19. The molecule has 88 valence electrons. The lowest BCUT2D eigenvalue weighted by Crippen LogP contribution is -2.49. The maximum Gasteiger partial charge on any atom is 0.237 e. The molecule has 1 aliphatic rings. The van der Waals surface area contributed by atoms with Crippen LogP contribution in [0.1, 0.15) is 12.6 Å². The van der Waals surface area contributed by atoms with Crippen molar-refractivity contribution in [2.75, 3.05) is 31.6 Å². The molecule has 1 N–H and O–H groups in total. The van der Waals surface area contributed by atoms with E-state index in [9.17, 15) is 0 Å². The standard InChI is InChI=1S/C12H19N3O/c1-9-4-5-11(12(14-9)16-3)15-7-6-13-10(2)8-15/h4-5,10,13H,6-8H2,1-3H3. The van der Waals surface area contributed by atoms with Crippen LogP contribution in [0.15, 0.2) is 12.1 Å². The number of ether oxygens (including phenoxy) is 1. The van der Waals surface area contributed by atoms with Crippen molar-refractivity contribution in [2.45, 2.75) is 19.9 Å². The van der Waals surface area contributed by atoms with Gasteiger partial charge in [-0.3, -0.25) is 0 Å². The molecule has 0 saturated carbocycles. The molecule has 2 heterocycles. The van der Waals surface area contributed by atoms with Gasteiger partial charge in [-0.2, -0.15) is 0 Å². The fourth-order valence-corrected chi connectivity index (χ4v) is 2.07. The van der Waals surface area contributed by atoms with Crippen LogP contribution in [0.25, 0.3) is 0 Å².